The van der Waals surface area contributed by atoms with E-state index in [-0.39, 0.29) is 24.3 Å². The summed E-state index contributed by atoms with van der Waals surface area (Å²) in [5, 5.41) is 9.74. The summed E-state index contributed by atoms with van der Waals surface area (Å²) < 4.78 is 6.49. The Morgan fingerprint density at radius 2 is 2.10 bits per heavy atom. The van der Waals surface area contributed by atoms with Crippen molar-refractivity contribution in [3.05, 3.63) is 12.4 Å². The lowest BCUT2D eigenvalue weighted by molar-refractivity contribution is -0.152. The van der Waals surface area contributed by atoms with Gasteiger partial charge in [0.15, 0.2) is 5.54 Å². The van der Waals surface area contributed by atoms with Gasteiger partial charge in [-0.05, 0) is 27.8 Å². The van der Waals surface area contributed by atoms with Crippen molar-refractivity contribution < 1.29 is 14.3 Å². The quantitative estimate of drug-likeness (QED) is 0.737. The van der Waals surface area contributed by atoms with Gasteiger partial charge in [0.2, 0.25) is 5.91 Å². The highest BCUT2D eigenvalue weighted by Crippen LogP contribution is 2.18. The van der Waals surface area contributed by atoms with Crippen LogP contribution in [0.5, 0.6) is 0 Å². The van der Waals surface area contributed by atoms with Gasteiger partial charge in [-0.15, -0.1) is 12.4 Å². The Morgan fingerprint density at radius 1 is 1.43 bits per heavy atom. The highest BCUT2D eigenvalue weighted by Gasteiger charge is 2.32. The Morgan fingerprint density at radius 3 is 2.67 bits per heavy atom. The second kappa shape index (κ2) is 8.63. The Kier molecular flexibility index (Phi) is 7.98. The molecule has 0 aliphatic carbocycles. The third-order valence-electron chi connectivity index (χ3n) is 2.82. The van der Waals surface area contributed by atoms with E-state index < -0.39 is 5.54 Å². The zero-order valence-electron chi connectivity index (χ0n) is 12.8. The van der Waals surface area contributed by atoms with Crippen molar-refractivity contribution >= 4 is 30.0 Å². The molecule has 0 fully saturated rings. The molecule has 1 aromatic rings. The fraction of sp³-hybridized carbons (Fsp3) is 0.615. The number of hydrogen-bond acceptors (Lipinski definition) is 5. The summed E-state index contributed by atoms with van der Waals surface area (Å²) in [4.78, 5) is 23.4. The van der Waals surface area contributed by atoms with E-state index in [1.54, 1.807) is 34.0 Å². The van der Waals surface area contributed by atoms with E-state index in [1.807, 2.05) is 0 Å². The third-order valence-corrected chi connectivity index (χ3v) is 2.82. The van der Waals surface area contributed by atoms with Crippen LogP contribution in [0.25, 0.3) is 0 Å². The molecule has 2 N–H and O–H groups in total. The van der Waals surface area contributed by atoms with Gasteiger partial charge in [-0.1, -0.05) is 0 Å². The van der Waals surface area contributed by atoms with Crippen LogP contribution in [0, 0.1) is 0 Å². The van der Waals surface area contributed by atoms with Gasteiger partial charge in [0.25, 0.3) is 0 Å². The van der Waals surface area contributed by atoms with E-state index in [0.29, 0.717) is 25.3 Å². The van der Waals surface area contributed by atoms with Crippen molar-refractivity contribution in [2.24, 2.45) is 0 Å². The molecule has 8 heteroatoms. The first-order valence-electron chi connectivity index (χ1n) is 6.58. The molecule has 1 rings (SSSR count). The van der Waals surface area contributed by atoms with Gasteiger partial charge in [-0.2, -0.15) is 5.10 Å². The minimum atomic E-state index is -0.913. The van der Waals surface area contributed by atoms with Crippen LogP contribution in [-0.2, 0) is 19.9 Å². The number of aromatic nitrogens is 2. The predicted octanol–water partition coefficient (Wildman–Crippen LogP) is 1.15. The number of hydrogen-bond donors (Lipinski definition) is 2. The highest BCUT2D eigenvalue weighted by molar-refractivity contribution is 5.90. The summed E-state index contributed by atoms with van der Waals surface area (Å²) in [6.45, 7) is 6.10. The number of esters is 1. The number of rotatable bonds is 7. The molecule has 1 heterocycles. The minimum absolute atomic E-state index is 0. The van der Waals surface area contributed by atoms with E-state index in [0.717, 1.165) is 0 Å². The van der Waals surface area contributed by atoms with Crippen molar-refractivity contribution in [1.82, 2.24) is 15.1 Å². The maximum atomic E-state index is 11.9. The number of halogens is 1. The summed E-state index contributed by atoms with van der Waals surface area (Å²) in [7, 11) is 1.78. The van der Waals surface area contributed by atoms with Crippen molar-refractivity contribution in [3.8, 4) is 0 Å². The molecule has 0 radical (unpaired) electrons. The molecular weight excluding hydrogens is 296 g/mol. The fourth-order valence-electron chi connectivity index (χ4n) is 1.56. The molecule has 7 nitrogen and oxygen atoms in total. The number of ether oxygens (including phenoxy) is 1. The normalized spacial score (nSPS) is 10.7. The van der Waals surface area contributed by atoms with Crippen LogP contribution in [0.3, 0.4) is 0 Å². The molecule has 0 aromatic carbocycles. The fourth-order valence-corrected chi connectivity index (χ4v) is 1.56. The number of nitrogens with one attached hydrogen (secondary N) is 2. The molecule has 0 spiro atoms. The second-order valence-electron chi connectivity index (χ2n) is 4.85. The van der Waals surface area contributed by atoms with E-state index in [1.165, 1.54) is 10.9 Å². The van der Waals surface area contributed by atoms with Crippen molar-refractivity contribution in [2.75, 3.05) is 25.5 Å². The van der Waals surface area contributed by atoms with Crippen molar-refractivity contribution in [3.63, 3.8) is 0 Å². The molecule has 0 aliphatic rings. The molecule has 1 amide bonds. The largest absolute Gasteiger partial charge is 0.464 e. The lowest BCUT2D eigenvalue weighted by Gasteiger charge is -2.22. The van der Waals surface area contributed by atoms with Crippen LogP contribution in [0.2, 0.25) is 0 Å². The molecule has 0 bridgehead atoms. The second-order valence-corrected chi connectivity index (χ2v) is 4.85. The number of carbonyl (C=O) groups is 2. The van der Waals surface area contributed by atoms with Gasteiger partial charge in [-0.25, -0.2) is 4.79 Å². The number of nitrogens with zero attached hydrogens (tertiary/aromatic N) is 2. The standard InChI is InChI=1S/C13H22N4O3.ClH/c1-5-20-12(19)13(2,3)17-9-10(8-15-17)16-11(18)6-7-14-4;/h8-9,14H,5-7H2,1-4H3,(H,16,18);1H. The minimum Gasteiger partial charge on any atom is -0.464 e. The molecule has 0 saturated carbocycles. The topological polar surface area (TPSA) is 85.2 Å². The number of anilines is 1. The average molecular weight is 319 g/mol. The summed E-state index contributed by atoms with van der Waals surface area (Å²) in [6, 6.07) is 0. The van der Waals surface area contributed by atoms with Gasteiger partial charge in [0, 0.05) is 19.2 Å². The predicted molar refractivity (Wildman–Crippen MR) is 82.6 cm³/mol. The molecule has 1 aromatic heterocycles. The lowest BCUT2D eigenvalue weighted by Crippen LogP contribution is -2.37. The third kappa shape index (κ3) is 5.35. The van der Waals surface area contributed by atoms with Crippen LogP contribution < -0.4 is 10.6 Å². The summed E-state index contributed by atoms with van der Waals surface area (Å²) in [5.41, 5.74) is -0.354. The van der Waals surface area contributed by atoms with Crippen LogP contribution in [0.4, 0.5) is 5.69 Å². The Balaban J connectivity index is 0.00000400. The highest BCUT2D eigenvalue weighted by atomic mass is 35.5. The number of carbonyl (C=O) groups excluding carboxylic acids is 2. The molecule has 120 valence electrons. The van der Waals surface area contributed by atoms with E-state index in [2.05, 4.69) is 15.7 Å². The van der Waals surface area contributed by atoms with Gasteiger partial charge in [0.1, 0.15) is 0 Å². The zero-order valence-corrected chi connectivity index (χ0v) is 13.6. The summed E-state index contributed by atoms with van der Waals surface area (Å²) >= 11 is 0. The van der Waals surface area contributed by atoms with Gasteiger partial charge in [0.05, 0.1) is 18.5 Å². The Bertz CT molecular complexity index is 474. The van der Waals surface area contributed by atoms with E-state index >= 15 is 0 Å². The first-order valence-corrected chi connectivity index (χ1v) is 6.58. The molecular formula is C13H23ClN4O3. The van der Waals surface area contributed by atoms with Crippen molar-refractivity contribution in [2.45, 2.75) is 32.7 Å². The smallest absolute Gasteiger partial charge is 0.333 e. The summed E-state index contributed by atoms with van der Waals surface area (Å²) in [6.07, 6.45) is 3.51. The monoisotopic (exact) mass is 318 g/mol. The van der Waals surface area contributed by atoms with Crippen LogP contribution in [0.1, 0.15) is 27.2 Å². The van der Waals surface area contributed by atoms with Crippen molar-refractivity contribution in [1.29, 1.82) is 0 Å². The zero-order chi connectivity index (χ0) is 15.2. The maximum Gasteiger partial charge on any atom is 0.333 e. The van der Waals surface area contributed by atoms with Crippen LogP contribution in [0.15, 0.2) is 12.4 Å². The maximum absolute atomic E-state index is 11.9. The average Bonchev–Trinajstić information content (AvgIpc) is 2.85. The molecule has 0 atom stereocenters. The Labute approximate surface area is 130 Å². The first-order chi connectivity index (χ1) is 9.41. The molecule has 21 heavy (non-hydrogen) atoms. The molecule has 0 unspecified atom stereocenters. The van der Waals surface area contributed by atoms with E-state index in [4.69, 9.17) is 4.74 Å². The SMILES string of the molecule is CCOC(=O)C(C)(C)n1cc(NC(=O)CCNC)cn1.Cl. The molecule has 0 aliphatic heterocycles. The number of amides is 1. The Hall–Kier alpha value is -1.60. The first kappa shape index (κ1) is 19.4. The summed E-state index contributed by atoms with van der Waals surface area (Å²) in [5.74, 6) is -0.469. The molecule has 0 saturated heterocycles. The lowest BCUT2D eigenvalue weighted by atomic mass is 10.1. The van der Waals surface area contributed by atoms with Crippen LogP contribution in [-0.4, -0.2) is 41.9 Å². The van der Waals surface area contributed by atoms with Crippen LogP contribution >= 0.6 is 12.4 Å². The van der Waals surface area contributed by atoms with E-state index in [9.17, 15) is 9.59 Å². The van der Waals surface area contributed by atoms with Gasteiger partial charge in [-0.3, -0.25) is 9.48 Å². The van der Waals surface area contributed by atoms with Gasteiger partial charge < -0.3 is 15.4 Å². The van der Waals surface area contributed by atoms with Gasteiger partial charge >= 0.3 is 5.97 Å².